The molecule has 6 aromatic rings. The van der Waals surface area contributed by atoms with Crippen molar-refractivity contribution in [2.45, 2.75) is 49.9 Å². The van der Waals surface area contributed by atoms with Crippen LogP contribution in [0.3, 0.4) is 0 Å². The highest BCUT2D eigenvalue weighted by molar-refractivity contribution is 5.85. The Hall–Kier alpha value is -6.32. The van der Waals surface area contributed by atoms with Crippen molar-refractivity contribution in [1.82, 2.24) is 39.5 Å². The van der Waals surface area contributed by atoms with Gasteiger partial charge in [0.25, 0.3) is 0 Å². The first-order chi connectivity index (χ1) is 32.2. The number of carbonyl (C=O) groups is 2. The van der Waals surface area contributed by atoms with Gasteiger partial charge in [-0.2, -0.15) is 0 Å². The highest BCUT2D eigenvalue weighted by Gasteiger charge is 2.38. The van der Waals surface area contributed by atoms with Crippen molar-refractivity contribution >= 4 is 11.8 Å². The van der Waals surface area contributed by atoms with Crippen LogP contribution in [0.4, 0.5) is 0 Å². The molecule has 4 aromatic carbocycles. The summed E-state index contributed by atoms with van der Waals surface area (Å²) in [6.07, 6.45) is 7.11. The first kappa shape index (κ1) is 46.2. The molecular weight excluding hydrogens is 833 g/mol. The quantitative estimate of drug-likeness (QED) is 0.0767. The molecular formula is C52H62N8O6. The second kappa shape index (κ2) is 21.3. The predicted octanol–water partition coefficient (Wildman–Crippen LogP) is 8.12. The van der Waals surface area contributed by atoms with Crippen LogP contribution in [-0.4, -0.2) is 133 Å². The van der Waals surface area contributed by atoms with Gasteiger partial charge in [-0.1, -0.05) is 72.8 Å². The zero-order valence-electron chi connectivity index (χ0n) is 38.9. The summed E-state index contributed by atoms with van der Waals surface area (Å²) in [6.45, 7) is 2.83. The number of aromatic amines is 2. The lowest BCUT2D eigenvalue weighted by atomic mass is 9.98. The molecule has 0 saturated carbocycles. The molecule has 0 spiro atoms. The molecule has 8 rings (SSSR count). The van der Waals surface area contributed by atoms with Gasteiger partial charge in [0, 0.05) is 49.6 Å². The minimum atomic E-state index is -0.392. The lowest BCUT2D eigenvalue weighted by Gasteiger charge is -2.31. The van der Waals surface area contributed by atoms with Gasteiger partial charge in [0.2, 0.25) is 11.8 Å². The fraction of sp³-hybridized carbons (Fsp3) is 0.385. The Labute approximate surface area is 387 Å². The number of H-pyrrole nitrogens is 2. The van der Waals surface area contributed by atoms with Crippen LogP contribution in [0.2, 0.25) is 0 Å². The second-order valence-corrected chi connectivity index (χ2v) is 17.4. The van der Waals surface area contributed by atoms with Crippen LogP contribution in [-0.2, 0) is 19.1 Å². The molecule has 2 aliphatic heterocycles. The smallest absolute Gasteiger partial charge is 0.245 e. The Kier molecular flexibility index (Phi) is 14.9. The number of aromatic nitrogens is 4. The lowest BCUT2D eigenvalue weighted by molar-refractivity contribution is -0.138. The van der Waals surface area contributed by atoms with Crippen molar-refractivity contribution in [3.05, 3.63) is 132 Å². The van der Waals surface area contributed by atoms with E-state index in [1.165, 1.54) is 0 Å². The first-order valence-corrected chi connectivity index (χ1v) is 22.8. The number of nitrogens with one attached hydrogen (secondary N) is 2. The van der Waals surface area contributed by atoms with Gasteiger partial charge in [-0.25, -0.2) is 9.97 Å². The van der Waals surface area contributed by atoms with Crippen LogP contribution in [0.25, 0.3) is 33.6 Å². The van der Waals surface area contributed by atoms with Crippen LogP contribution >= 0.6 is 0 Å². The van der Waals surface area contributed by atoms with E-state index in [0.29, 0.717) is 51.0 Å². The Morgan fingerprint density at radius 1 is 0.606 bits per heavy atom. The zero-order chi connectivity index (χ0) is 46.2. The third kappa shape index (κ3) is 10.1. The average molecular weight is 895 g/mol. The Morgan fingerprint density at radius 2 is 1.02 bits per heavy atom. The van der Waals surface area contributed by atoms with Crippen LogP contribution in [0.5, 0.6) is 11.5 Å². The maximum absolute atomic E-state index is 14.2. The number of methoxy groups -OCH3 is 2. The van der Waals surface area contributed by atoms with E-state index < -0.39 is 12.1 Å². The zero-order valence-corrected chi connectivity index (χ0v) is 38.9. The van der Waals surface area contributed by atoms with Crippen molar-refractivity contribution in [1.29, 1.82) is 0 Å². The number of carbonyl (C=O) groups excluding carboxylic acids is 2. The molecule has 2 saturated heterocycles. The van der Waals surface area contributed by atoms with Crippen molar-refractivity contribution in [3.63, 3.8) is 0 Å². The summed E-state index contributed by atoms with van der Waals surface area (Å²) in [5.74, 6) is 2.96. The van der Waals surface area contributed by atoms with Gasteiger partial charge in [0.1, 0.15) is 48.4 Å². The third-order valence-electron chi connectivity index (χ3n) is 12.6. The summed E-state index contributed by atoms with van der Waals surface area (Å²) in [5, 5.41) is 0. The molecule has 14 heteroatoms. The van der Waals surface area contributed by atoms with Gasteiger partial charge >= 0.3 is 0 Å². The first-order valence-electron chi connectivity index (χ1n) is 22.8. The fourth-order valence-corrected chi connectivity index (χ4v) is 9.38. The number of benzene rings is 4. The van der Waals surface area contributed by atoms with Gasteiger partial charge in [0.05, 0.1) is 49.1 Å². The molecule has 2 N–H and O–H groups in total. The summed E-state index contributed by atoms with van der Waals surface area (Å²) < 4.78 is 23.6. The number of hydrogen-bond acceptors (Lipinski definition) is 10. The second-order valence-electron chi connectivity index (χ2n) is 17.4. The average Bonchev–Trinajstić information content (AvgIpc) is 4.17. The fourth-order valence-electron chi connectivity index (χ4n) is 9.38. The van der Waals surface area contributed by atoms with Gasteiger partial charge in [0.15, 0.2) is 0 Å². The molecule has 2 aromatic heterocycles. The summed E-state index contributed by atoms with van der Waals surface area (Å²) in [4.78, 5) is 53.0. The van der Waals surface area contributed by atoms with Gasteiger partial charge in [-0.05, 0) is 89.3 Å². The standard InChI is InChI=1S/C52H62N8O6/c1-57(2)47(35-15-9-7-10-16-35)51(61)59-25-13-19-43(59)49-53-33-41(55-49)37-21-23-39(45(31-37)65-29-27-63-5)40-24-22-38(32-46(40)66-30-28-64-6)42-34-54-50(56-42)44-20-14-26-60(44)52(62)48(58(3)4)36-17-11-8-12-18-36/h7-12,15-18,21-24,31-34,43-44,47-48H,13-14,19-20,25-30H2,1-6H3,(H,53,55)(H,54,56). The topological polar surface area (TPSA) is 141 Å². The van der Waals surface area contributed by atoms with Crippen LogP contribution in [0, 0.1) is 0 Å². The Balaban J connectivity index is 1.06. The van der Waals surface area contributed by atoms with Crippen molar-refractivity contribution in [2.24, 2.45) is 0 Å². The molecule has 0 bridgehead atoms. The summed E-state index contributed by atoms with van der Waals surface area (Å²) in [6, 6.07) is 31.0. The van der Waals surface area contributed by atoms with Crippen LogP contribution in [0.1, 0.15) is 72.6 Å². The molecule has 14 nitrogen and oxygen atoms in total. The number of hydrogen-bond donors (Lipinski definition) is 2. The number of imidazole rings is 2. The van der Waals surface area contributed by atoms with Gasteiger partial charge < -0.3 is 38.7 Å². The Morgan fingerprint density at radius 3 is 1.39 bits per heavy atom. The number of likely N-dealkylation sites (tertiary alicyclic amines) is 2. The number of ether oxygens (including phenoxy) is 4. The number of rotatable bonds is 19. The van der Waals surface area contributed by atoms with Gasteiger partial charge in [-0.3, -0.25) is 19.4 Å². The van der Waals surface area contributed by atoms with Crippen LogP contribution < -0.4 is 9.47 Å². The molecule has 2 amide bonds. The minimum Gasteiger partial charge on any atom is -0.491 e. The van der Waals surface area contributed by atoms with E-state index in [0.717, 1.165) is 82.1 Å². The SMILES string of the molecule is COCCOc1cc(-c2cnc(C3CCCN3C(=O)C(c3ccccc3)N(C)C)[nH]2)ccc1-c1ccc(-c2cnc(C3CCCN3C(=O)C(c3ccccc3)N(C)C)[nH]2)cc1OCCOC. The number of nitrogens with zero attached hydrogens (tertiary/aromatic N) is 6. The number of likely N-dealkylation sites (N-methyl/N-ethyl adjacent to an activating group) is 2. The van der Waals surface area contributed by atoms with E-state index in [2.05, 4.69) is 9.97 Å². The van der Waals surface area contributed by atoms with E-state index >= 15 is 0 Å². The van der Waals surface area contributed by atoms with Crippen molar-refractivity contribution < 1.29 is 28.5 Å². The summed E-state index contributed by atoms with van der Waals surface area (Å²) >= 11 is 0. The molecule has 4 atom stereocenters. The molecule has 0 radical (unpaired) electrons. The molecule has 66 heavy (non-hydrogen) atoms. The van der Waals surface area contributed by atoms with Crippen molar-refractivity contribution in [2.75, 3.05) is 81.9 Å². The number of amides is 2. The van der Waals surface area contributed by atoms with E-state index in [1.54, 1.807) is 14.2 Å². The van der Waals surface area contributed by atoms with Crippen LogP contribution in [0.15, 0.2) is 109 Å². The molecule has 4 unspecified atom stereocenters. The lowest BCUT2D eigenvalue weighted by Crippen LogP contribution is -2.40. The third-order valence-corrected chi connectivity index (χ3v) is 12.6. The highest BCUT2D eigenvalue weighted by atomic mass is 16.5. The van der Waals surface area contributed by atoms with Crippen molar-refractivity contribution in [3.8, 4) is 45.1 Å². The minimum absolute atomic E-state index is 0.0668. The molecule has 2 fully saturated rings. The van der Waals surface area contributed by atoms with E-state index in [4.69, 9.17) is 28.9 Å². The molecule has 2 aliphatic rings. The van der Waals surface area contributed by atoms with E-state index in [9.17, 15) is 9.59 Å². The largest absolute Gasteiger partial charge is 0.491 e. The predicted molar refractivity (Wildman–Crippen MR) is 255 cm³/mol. The molecule has 0 aliphatic carbocycles. The van der Waals surface area contributed by atoms with E-state index in [1.807, 2.05) is 157 Å². The normalized spacial score (nSPS) is 17.2. The van der Waals surface area contributed by atoms with E-state index in [-0.39, 0.29) is 23.9 Å². The molecule has 346 valence electrons. The maximum Gasteiger partial charge on any atom is 0.245 e. The Bertz CT molecular complexity index is 2370. The maximum atomic E-state index is 14.2. The summed E-state index contributed by atoms with van der Waals surface area (Å²) in [7, 11) is 11.1. The highest BCUT2D eigenvalue weighted by Crippen LogP contribution is 2.42. The molecule has 4 heterocycles. The van der Waals surface area contributed by atoms with Gasteiger partial charge in [-0.15, -0.1) is 0 Å². The summed E-state index contributed by atoms with van der Waals surface area (Å²) in [5.41, 5.74) is 7.04. The monoisotopic (exact) mass is 894 g/mol.